The van der Waals surface area contributed by atoms with Crippen LogP contribution in [0.15, 0.2) is 24.3 Å². The molecular formula is C12H15FN4. The van der Waals surface area contributed by atoms with E-state index >= 15 is 0 Å². The molecule has 0 amide bonds. The Balaban J connectivity index is 2.10. The van der Waals surface area contributed by atoms with Gasteiger partial charge in [0.1, 0.15) is 11.6 Å². The molecule has 5 heteroatoms. The van der Waals surface area contributed by atoms with Gasteiger partial charge in [0.15, 0.2) is 0 Å². The number of nitrogens with one attached hydrogen (secondary N) is 1. The molecule has 17 heavy (non-hydrogen) atoms. The summed E-state index contributed by atoms with van der Waals surface area (Å²) in [6.45, 7) is 2.32. The molecular weight excluding hydrogens is 219 g/mol. The molecule has 90 valence electrons. The fourth-order valence-electron chi connectivity index (χ4n) is 1.67. The number of rotatable bonds is 3. The van der Waals surface area contributed by atoms with Crippen molar-refractivity contribution in [2.75, 3.05) is 11.1 Å². The Labute approximate surface area is 99.2 Å². The third-order valence-corrected chi connectivity index (χ3v) is 2.54. The molecule has 0 saturated carbocycles. The van der Waals surface area contributed by atoms with Gasteiger partial charge >= 0.3 is 0 Å². The number of aryl methyl sites for hydroxylation is 2. The van der Waals surface area contributed by atoms with Crippen molar-refractivity contribution in [3.8, 4) is 0 Å². The topological polar surface area (TPSA) is 55.9 Å². The summed E-state index contributed by atoms with van der Waals surface area (Å²) in [4.78, 5) is 0. The largest absolute Gasteiger partial charge is 0.399 e. The van der Waals surface area contributed by atoms with Crippen molar-refractivity contribution >= 4 is 11.5 Å². The summed E-state index contributed by atoms with van der Waals surface area (Å²) in [6.07, 6.45) is 0. The van der Waals surface area contributed by atoms with Gasteiger partial charge in [0, 0.05) is 30.9 Å². The first kappa shape index (κ1) is 11.4. The maximum Gasteiger partial charge on any atom is 0.130 e. The number of nitrogens with zero attached hydrogens (tertiary/aromatic N) is 2. The second-order valence-corrected chi connectivity index (χ2v) is 4.00. The summed E-state index contributed by atoms with van der Waals surface area (Å²) in [6, 6.07) is 6.61. The number of nitrogen functional groups attached to an aromatic ring is 1. The van der Waals surface area contributed by atoms with Crippen LogP contribution in [-0.2, 0) is 13.6 Å². The molecule has 1 aromatic heterocycles. The molecule has 4 nitrogen and oxygen atoms in total. The van der Waals surface area contributed by atoms with E-state index in [9.17, 15) is 4.39 Å². The zero-order valence-corrected chi connectivity index (χ0v) is 9.87. The van der Waals surface area contributed by atoms with E-state index < -0.39 is 0 Å². The van der Waals surface area contributed by atoms with E-state index in [1.165, 1.54) is 6.07 Å². The van der Waals surface area contributed by atoms with E-state index in [1.54, 1.807) is 16.8 Å². The van der Waals surface area contributed by atoms with Crippen molar-refractivity contribution in [2.24, 2.45) is 7.05 Å². The Bertz CT molecular complexity index is 533. The van der Waals surface area contributed by atoms with Crippen LogP contribution in [0.2, 0.25) is 0 Å². The van der Waals surface area contributed by atoms with Crippen molar-refractivity contribution in [1.82, 2.24) is 9.78 Å². The first-order chi connectivity index (χ1) is 8.06. The second-order valence-electron chi connectivity index (χ2n) is 4.00. The van der Waals surface area contributed by atoms with Crippen LogP contribution in [0, 0.1) is 12.7 Å². The highest BCUT2D eigenvalue weighted by molar-refractivity contribution is 5.42. The van der Waals surface area contributed by atoms with Crippen molar-refractivity contribution in [3.05, 3.63) is 41.3 Å². The quantitative estimate of drug-likeness (QED) is 0.799. The summed E-state index contributed by atoms with van der Waals surface area (Å²) in [5.41, 5.74) is 7.43. The molecule has 0 fully saturated rings. The standard InChI is InChI=1S/C12H15FN4/c1-8-5-12(17(2)16-8)15-7-9-3-4-10(14)6-11(9)13/h3-6,15H,7,14H2,1-2H3. The predicted octanol–water partition coefficient (Wildman–Crippen LogP) is 2.06. The average Bonchev–Trinajstić information content (AvgIpc) is 2.56. The minimum absolute atomic E-state index is 0.295. The van der Waals surface area contributed by atoms with Gasteiger partial charge in [-0.05, 0) is 19.1 Å². The van der Waals surface area contributed by atoms with Gasteiger partial charge in [0.25, 0.3) is 0 Å². The molecule has 0 aliphatic carbocycles. The van der Waals surface area contributed by atoms with Crippen LogP contribution in [0.25, 0.3) is 0 Å². The van der Waals surface area contributed by atoms with E-state index in [4.69, 9.17) is 5.73 Å². The Morgan fingerprint density at radius 2 is 2.18 bits per heavy atom. The van der Waals surface area contributed by atoms with E-state index in [0.29, 0.717) is 17.8 Å². The Morgan fingerprint density at radius 1 is 1.41 bits per heavy atom. The maximum absolute atomic E-state index is 13.5. The molecule has 2 rings (SSSR count). The molecule has 1 heterocycles. The summed E-state index contributed by atoms with van der Waals surface area (Å²) < 4.78 is 15.2. The third kappa shape index (κ3) is 2.55. The zero-order chi connectivity index (χ0) is 12.4. The lowest BCUT2D eigenvalue weighted by Gasteiger charge is -2.07. The van der Waals surface area contributed by atoms with Gasteiger partial charge in [-0.2, -0.15) is 5.10 Å². The highest BCUT2D eigenvalue weighted by atomic mass is 19.1. The monoisotopic (exact) mass is 234 g/mol. The number of aromatic nitrogens is 2. The molecule has 0 radical (unpaired) electrons. The van der Waals surface area contributed by atoms with Crippen molar-refractivity contribution in [3.63, 3.8) is 0 Å². The van der Waals surface area contributed by atoms with Gasteiger partial charge in [-0.1, -0.05) is 6.07 Å². The van der Waals surface area contributed by atoms with E-state index in [0.717, 1.165) is 11.5 Å². The average molecular weight is 234 g/mol. The van der Waals surface area contributed by atoms with Gasteiger partial charge in [0.05, 0.1) is 5.69 Å². The minimum Gasteiger partial charge on any atom is -0.399 e. The highest BCUT2D eigenvalue weighted by Crippen LogP contribution is 2.14. The van der Waals surface area contributed by atoms with E-state index in [-0.39, 0.29) is 5.82 Å². The zero-order valence-electron chi connectivity index (χ0n) is 9.87. The van der Waals surface area contributed by atoms with Crippen LogP contribution in [-0.4, -0.2) is 9.78 Å². The number of hydrogen-bond donors (Lipinski definition) is 2. The van der Waals surface area contributed by atoms with Gasteiger partial charge < -0.3 is 11.1 Å². The number of hydrogen-bond acceptors (Lipinski definition) is 3. The van der Waals surface area contributed by atoms with Gasteiger partial charge in [-0.3, -0.25) is 4.68 Å². The van der Waals surface area contributed by atoms with Crippen LogP contribution < -0.4 is 11.1 Å². The SMILES string of the molecule is Cc1cc(NCc2ccc(N)cc2F)n(C)n1. The molecule has 0 aliphatic heterocycles. The summed E-state index contributed by atoms with van der Waals surface area (Å²) >= 11 is 0. The van der Waals surface area contributed by atoms with Gasteiger partial charge in [-0.15, -0.1) is 0 Å². The maximum atomic E-state index is 13.5. The van der Waals surface area contributed by atoms with Crippen LogP contribution in [0.4, 0.5) is 15.9 Å². The normalized spacial score (nSPS) is 10.5. The van der Waals surface area contributed by atoms with Gasteiger partial charge in [-0.25, -0.2) is 4.39 Å². The van der Waals surface area contributed by atoms with Gasteiger partial charge in [0.2, 0.25) is 0 Å². The molecule has 0 unspecified atom stereocenters. The number of benzene rings is 1. The summed E-state index contributed by atoms with van der Waals surface area (Å²) in [5.74, 6) is 0.565. The Kier molecular flexibility index (Phi) is 2.99. The molecule has 0 spiro atoms. The molecule has 0 atom stereocenters. The molecule has 0 saturated heterocycles. The third-order valence-electron chi connectivity index (χ3n) is 2.54. The molecule has 1 aromatic carbocycles. The lowest BCUT2D eigenvalue weighted by atomic mass is 10.2. The fourth-order valence-corrected chi connectivity index (χ4v) is 1.67. The van der Waals surface area contributed by atoms with Crippen LogP contribution in [0.3, 0.4) is 0 Å². The second kappa shape index (κ2) is 4.45. The molecule has 0 bridgehead atoms. The predicted molar refractivity (Wildman–Crippen MR) is 66.1 cm³/mol. The first-order valence-corrected chi connectivity index (χ1v) is 5.34. The minimum atomic E-state index is -0.295. The smallest absolute Gasteiger partial charge is 0.130 e. The number of anilines is 2. The summed E-state index contributed by atoms with van der Waals surface area (Å²) in [7, 11) is 1.84. The lowest BCUT2D eigenvalue weighted by Crippen LogP contribution is -2.06. The van der Waals surface area contributed by atoms with Crippen molar-refractivity contribution in [1.29, 1.82) is 0 Å². The fraction of sp³-hybridized carbons (Fsp3) is 0.250. The molecule has 2 aromatic rings. The highest BCUT2D eigenvalue weighted by Gasteiger charge is 2.05. The first-order valence-electron chi connectivity index (χ1n) is 5.34. The number of nitrogens with two attached hydrogens (primary N) is 1. The van der Waals surface area contributed by atoms with Crippen molar-refractivity contribution in [2.45, 2.75) is 13.5 Å². The van der Waals surface area contributed by atoms with Crippen LogP contribution in [0.5, 0.6) is 0 Å². The lowest BCUT2D eigenvalue weighted by molar-refractivity contribution is 0.613. The van der Waals surface area contributed by atoms with Crippen LogP contribution >= 0.6 is 0 Å². The van der Waals surface area contributed by atoms with Crippen LogP contribution in [0.1, 0.15) is 11.3 Å². The van der Waals surface area contributed by atoms with Crippen molar-refractivity contribution < 1.29 is 4.39 Å². The molecule has 0 aliphatic rings. The van der Waals surface area contributed by atoms with E-state index in [1.807, 2.05) is 20.0 Å². The summed E-state index contributed by atoms with van der Waals surface area (Å²) in [5, 5.41) is 7.33. The Hall–Kier alpha value is -2.04. The Morgan fingerprint density at radius 3 is 2.76 bits per heavy atom. The number of halogens is 1. The molecule has 3 N–H and O–H groups in total. The van der Waals surface area contributed by atoms with E-state index in [2.05, 4.69) is 10.4 Å².